The lowest BCUT2D eigenvalue weighted by molar-refractivity contribution is -0.164. The third-order valence-electron chi connectivity index (χ3n) is 2.77. The second-order valence-electron chi connectivity index (χ2n) is 4.00. The summed E-state index contributed by atoms with van der Waals surface area (Å²) in [4.78, 5) is 11.6. The zero-order valence-electron chi connectivity index (χ0n) is 9.96. The van der Waals surface area contributed by atoms with E-state index in [0.29, 0.717) is 12.5 Å². The molecule has 1 unspecified atom stereocenters. The number of nitrogens with two attached hydrogens (primary N) is 1. The maximum atomic E-state index is 13.6. The fraction of sp³-hybridized carbons (Fsp3) is 0.417. The number of halogens is 2. The van der Waals surface area contributed by atoms with E-state index < -0.39 is 17.4 Å². The summed E-state index contributed by atoms with van der Waals surface area (Å²) in [5.74, 6) is -4.58. The van der Waals surface area contributed by atoms with Crippen LogP contribution in [0.3, 0.4) is 0 Å². The molecule has 1 rings (SSSR count). The summed E-state index contributed by atoms with van der Waals surface area (Å²) in [6, 6.07) is 6.26. The fourth-order valence-electron chi connectivity index (χ4n) is 1.70. The number of alkyl halides is 2. The second kappa shape index (κ2) is 4.41. The quantitative estimate of drug-likeness (QED) is 0.826. The predicted molar refractivity (Wildman–Crippen MR) is 59.7 cm³/mol. The summed E-state index contributed by atoms with van der Waals surface area (Å²) in [6.07, 6.45) is 0. The number of esters is 1. The average molecular weight is 243 g/mol. The topological polar surface area (TPSA) is 52.3 Å². The molecular formula is C12H15F2NO2. The van der Waals surface area contributed by atoms with Gasteiger partial charge in [0.25, 0.3) is 5.92 Å². The SMILES string of the molecule is COC(=O)C(N)(c1ccccc1C)C(C)(F)F. The van der Waals surface area contributed by atoms with E-state index in [9.17, 15) is 13.6 Å². The lowest BCUT2D eigenvalue weighted by atomic mass is 9.83. The zero-order valence-corrected chi connectivity index (χ0v) is 9.96. The van der Waals surface area contributed by atoms with E-state index >= 15 is 0 Å². The van der Waals surface area contributed by atoms with Gasteiger partial charge in [0.15, 0.2) is 0 Å². The summed E-state index contributed by atoms with van der Waals surface area (Å²) in [5, 5.41) is 0. The summed E-state index contributed by atoms with van der Waals surface area (Å²) in [7, 11) is 1.04. The number of carbonyl (C=O) groups is 1. The van der Waals surface area contributed by atoms with Gasteiger partial charge in [0.1, 0.15) is 0 Å². The van der Waals surface area contributed by atoms with Gasteiger partial charge in [0.2, 0.25) is 5.54 Å². The molecule has 0 radical (unpaired) electrons. The van der Waals surface area contributed by atoms with Crippen molar-refractivity contribution in [2.45, 2.75) is 25.3 Å². The van der Waals surface area contributed by atoms with Crippen LogP contribution in [0.4, 0.5) is 8.78 Å². The highest BCUT2D eigenvalue weighted by atomic mass is 19.3. The number of carbonyl (C=O) groups excluding carboxylic acids is 1. The normalized spacial score (nSPS) is 15.2. The zero-order chi connectivity index (χ0) is 13.3. The minimum Gasteiger partial charge on any atom is -0.467 e. The van der Waals surface area contributed by atoms with E-state index in [4.69, 9.17) is 5.73 Å². The maximum absolute atomic E-state index is 13.6. The number of hydrogen-bond acceptors (Lipinski definition) is 3. The van der Waals surface area contributed by atoms with Crippen LogP contribution in [0.2, 0.25) is 0 Å². The summed E-state index contributed by atoms with van der Waals surface area (Å²) in [5.41, 5.74) is 3.75. The fourth-order valence-corrected chi connectivity index (χ4v) is 1.70. The van der Waals surface area contributed by atoms with Gasteiger partial charge >= 0.3 is 5.97 Å². The van der Waals surface area contributed by atoms with Crippen molar-refractivity contribution >= 4 is 5.97 Å². The Bertz CT molecular complexity index is 429. The molecule has 3 nitrogen and oxygen atoms in total. The van der Waals surface area contributed by atoms with Crippen LogP contribution in [0, 0.1) is 6.92 Å². The van der Waals surface area contributed by atoms with Crippen LogP contribution in [0.25, 0.3) is 0 Å². The molecule has 1 aromatic carbocycles. The van der Waals surface area contributed by atoms with Crippen molar-refractivity contribution in [1.29, 1.82) is 0 Å². The minimum absolute atomic E-state index is 0.0688. The van der Waals surface area contributed by atoms with Crippen molar-refractivity contribution in [2.75, 3.05) is 7.11 Å². The first kappa shape index (κ1) is 13.6. The monoisotopic (exact) mass is 243 g/mol. The van der Waals surface area contributed by atoms with Crippen molar-refractivity contribution in [3.63, 3.8) is 0 Å². The Morgan fingerprint density at radius 2 is 1.88 bits per heavy atom. The van der Waals surface area contributed by atoms with E-state index in [1.54, 1.807) is 25.1 Å². The van der Waals surface area contributed by atoms with E-state index in [-0.39, 0.29) is 5.56 Å². The Balaban J connectivity index is 3.46. The number of rotatable bonds is 3. The van der Waals surface area contributed by atoms with Crippen LogP contribution in [-0.4, -0.2) is 19.0 Å². The molecule has 0 fully saturated rings. The molecule has 0 saturated heterocycles. The average Bonchev–Trinajstić information content (AvgIpc) is 2.26. The van der Waals surface area contributed by atoms with Gasteiger partial charge in [0, 0.05) is 6.92 Å². The molecular weight excluding hydrogens is 228 g/mol. The Morgan fingerprint density at radius 1 is 1.35 bits per heavy atom. The second-order valence-corrected chi connectivity index (χ2v) is 4.00. The van der Waals surface area contributed by atoms with Crippen molar-refractivity contribution in [1.82, 2.24) is 0 Å². The lowest BCUT2D eigenvalue weighted by Gasteiger charge is -2.33. The molecule has 17 heavy (non-hydrogen) atoms. The van der Waals surface area contributed by atoms with Gasteiger partial charge in [-0.15, -0.1) is 0 Å². The highest BCUT2D eigenvalue weighted by molar-refractivity contribution is 5.84. The van der Waals surface area contributed by atoms with Crippen LogP contribution < -0.4 is 5.73 Å². The van der Waals surface area contributed by atoms with Gasteiger partial charge in [-0.2, -0.15) is 0 Å². The molecule has 0 heterocycles. The molecule has 94 valence electrons. The first-order chi connectivity index (χ1) is 7.75. The van der Waals surface area contributed by atoms with Crippen LogP contribution in [-0.2, 0) is 15.1 Å². The van der Waals surface area contributed by atoms with Crippen LogP contribution in [0.15, 0.2) is 24.3 Å². The molecule has 5 heteroatoms. The standard InChI is InChI=1S/C12H15F2NO2/c1-8-6-4-5-7-9(8)12(15,10(16)17-3)11(2,13)14/h4-7H,15H2,1-3H3. The Morgan fingerprint density at radius 3 is 2.29 bits per heavy atom. The van der Waals surface area contributed by atoms with E-state index in [2.05, 4.69) is 4.74 Å². The molecule has 1 aromatic rings. The van der Waals surface area contributed by atoms with Gasteiger partial charge in [-0.25, -0.2) is 13.6 Å². The molecule has 0 aromatic heterocycles. The van der Waals surface area contributed by atoms with Crippen LogP contribution in [0.1, 0.15) is 18.1 Å². The first-order valence-corrected chi connectivity index (χ1v) is 5.06. The van der Waals surface area contributed by atoms with Crippen LogP contribution >= 0.6 is 0 Å². The molecule has 0 saturated carbocycles. The Hall–Kier alpha value is -1.49. The summed E-state index contributed by atoms with van der Waals surface area (Å²) >= 11 is 0. The molecule has 0 aliphatic rings. The number of hydrogen-bond donors (Lipinski definition) is 1. The van der Waals surface area contributed by atoms with Gasteiger partial charge in [-0.1, -0.05) is 24.3 Å². The number of methoxy groups -OCH3 is 1. The predicted octanol–water partition coefficient (Wildman–Crippen LogP) is 1.98. The molecule has 0 aliphatic carbocycles. The molecule has 0 spiro atoms. The molecule has 0 amide bonds. The Labute approximate surface area is 98.6 Å². The number of ether oxygens (including phenoxy) is 1. The van der Waals surface area contributed by atoms with Gasteiger partial charge in [-0.3, -0.25) is 0 Å². The first-order valence-electron chi connectivity index (χ1n) is 5.06. The van der Waals surface area contributed by atoms with E-state index in [0.717, 1.165) is 7.11 Å². The largest absolute Gasteiger partial charge is 0.467 e. The van der Waals surface area contributed by atoms with Gasteiger partial charge in [-0.05, 0) is 18.1 Å². The summed E-state index contributed by atoms with van der Waals surface area (Å²) in [6.45, 7) is 2.22. The maximum Gasteiger partial charge on any atom is 0.336 e. The summed E-state index contributed by atoms with van der Waals surface area (Å²) < 4.78 is 31.7. The van der Waals surface area contributed by atoms with Crippen molar-refractivity contribution < 1.29 is 18.3 Å². The molecule has 2 N–H and O–H groups in total. The highest BCUT2D eigenvalue weighted by Crippen LogP contribution is 2.37. The number of benzene rings is 1. The van der Waals surface area contributed by atoms with Crippen molar-refractivity contribution in [3.05, 3.63) is 35.4 Å². The van der Waals surface area contributed by atoms with Crippen LogP contribution in [0.5, 0.6) is 0 Å². The molecule has 0 aliphatic heterocycles. The van der Waals surface area contributed by atoms with Crippen molar-refractivity contribution in [2.24, 2.45) is 5.73 Å². The molecule has 0 bridgehead atoms. The Kier molecular flexibility index (Phi) is 3.52. The third-order valence-corrected chi connectivity index (χ3v) is 2.77. The number of aryl methyl sites for hydroxylation is 1. The lowest BCUT2D eigenvalue weighted by Crippen LogP contribution is -2.58. The van der Waals surface area contributed by atoms with Gasteiger partial charge < -0.3 is 10.5 Å². The highest BCUT2D eigenvalue weighted by Gasteiger charge is 2.56. The van der Waals surface area contributed by atoms with E-state index in [1.807, 2.05) is 0 Å². The smallest absolute Gasteiger partial charge is 0.336 e. The minimum atomic E-state index is -3.42. The molecule has 1 atom stereocenters. The van der Waals surface area contributed by atoms with Crippen molar-refractivity contribution in [3.8, 4) is 0 Å². The van der Waals surface area contributed by atoms with E-state index in [1.165, 1.54) is 6.07 Å². The van der Waals surface area contributed by atoms with Gasteiger partial charge in [0.05, 0.1) is 7.11 Å². The third kappa shape index (κ3) is 2.15.